The predicted molar refractivity (Wildman–Crippen MR) is 68.7 cm³/mol. The summed E-state index contributed by atoms with van der Waals surface area (Å²) < 4.78 is 4.72. The van der Waals surface area contributed by atoms with Crippen molar-refractivity contribution < 1.29 is 20.1 Å². The predicted octanol–water partition coefficient (Wildman–Crippen LogP) is 2.29. The molecule has 3 N–H and O–H groups in total. The van der Waals surface area contributed by atoms with E-state index < -0.39 is 0 Å². The number of phenolic OH excluding ortho intramolecular Hbond substituents is 2. The monoisotopic (exact) mass is 248 g/mol. The number of hydrogen-bond acceptors (Lipinski definition) is 4. The number of ether oxygens (including phenoxy) is 1. The Morgan fingerprint density at radius 2 is 1.67 bits per heavy atom. The third-order valence-electron chi connectivity index (χ3n) is 2.19. The normalized spacial score (nSPS) is 9.22. The van der Waals surface area contributed by atoms with Gasteiger partial charge < -0.3 is 20.1 Å². The van der Waals surface area contributed by atoms with Crippen molar-refractivity contribution in [3.05, 3.63) is 54.1 Å². The highest BCUT2D eigenvalue weighted by Gasteiger charge is 1.99. The Morgan fingerprint density at radius 3 is 2.11 bits per heavy atom. The van der Waals surface area contributed by atoms with E-state index in [0.29, 0.717) is 0 Å². The van der Waals surface area contributed by atoms with E-state index in [1.165, 1.54) is 25.3 Å². The number of hydrogen-bond donors (Lipinski definition) is 3. The maximum atomic E-state index is 9.00. The molecule has 0 radical (unpaired) electrons. The second-order valence-corrected chi connectivity index (χ2v) is 3.50. The van der Waals surface area contributed by atoms with Gasteiger partial charge in [-0.2, -0.15) is 0 Å². The van der Waals surface area contributed by atoms with Crippen molar-refractivity contribution in [3.8, 4) is 17.2 Å². The summed E-state index contributed by atoms with van der Waals surface area (Å²) in [6, 6.07) is 13.6. The first-order valence-electron chi connectivity index (χ1n) is 5.38. The van der Waals surface area contributed by atoms with Gasteiger partial charge in [-0.05, 0) is 17.7 Å². The van der Waals surface area contributed by atoms with E-state index >= 15 is 0 Å². The van der Waals surface area contributed by atoms with Gasteiger partial charge in [0.05, 0.1) is 13.7 Å². The lowest BCUT2D eigenvalue weighted by Crippen LogP contribution is -1.81. The highest BCUT2D eigenvalue weighted by molar-refractivity contribution is 5.43. The fourth-order valence-electron chi connectivity index (χ4n) is 1.25. The minimum Gasteiger partial charge on any atom is -0.508 e. The fourth-order valence-corrected chi connectivity index (χ4v) is 1.25. The topological polar surface area (TPSA) is 69.9 Å². The van der Waals surface area contributed by atoms with Crippen molar-refractivity contribution in [1.29, 1.82) is 0 Å². The zero-order valence-corrected chi connectivity index (χ0v) is 10.1. The van der Waals surface area contributed by atoms with Crippen LogP contribution in [0.2, 0.25) is 0 Å². The van der Waals surface area contributed by atoms with Crippen LogP contribution in [0.15, 0.2) is 48.5 Å². The van der Waals surface area contributed by atoms with Gasteiger partial charge in [-0.15, -0.1) is 0 Å². The Kier molecular flexibility index (Phi) is 5.54. The van der Waals surface area contributed by atoms with Gasteiger partial charge in [0.1, 0.15) is 5.75 Å². The van der Waals surface area contributed by atoms with Crippen molar-refractivity contribution in [2.24, 2.45) is 0 Å². The molecule has 0 bridgehead atoms. The molecule has 0 saturated heterocycles. The molecule has 96 valence electrons. The van der Waals surface area contributed by atoms with E-state index in [1.807, 2.05) is 30.3 Å². The molecule has 2 aromatic rings. The number of benzene rings is 2. The Morgan fingerprint density at radius 1 is 1.00 bits per heavy atom. The molecule has 0 fully saturated rings. The van der Waals surface area contributed by atoms with E-state index in [1.54, 1.807) is 0 Å². The van der Waals surface area contributed by atoms with E-state index in [4.69, 9.17) is 20.1 Å². The third kappa shape index (κ3) is 4.35. The highest BCUT2D eigenvalue weighted by Crippen LogP contribution is 2.28. The molecule has 0 amide bonds. The Bertz CT molecular complexity index is 468. The molecule has 0 spiro atoms. The minimum atomic E-state index is 0.0281. The molecule has 0 atom stereocenters. The number of rotatable bonds is 2. The molecule has 0 aliphatic rings. The quantitative estimate of drug-likeness (QED) is 0.713. The summed E-state index contributed by atoms with van der Waals surface area (Å²) in [5, 5.41) is 26.4. The standard InChI is InChI=1S/C7H8O3.C7H8O/c1-10-7-4-5(8)2-3-6(7)9;8-6-7-4-2-1-3-5-7/h2-4,8-9H,1H3;1-5,8H,6H2. The largest absolute Gasteiger partial charge is 0.508 e. The lowest BCUT2D eigenvalue weighted by Gasteiger charge is -2.01. The van der Waals surface area contributed by atoms with Crippen LogP contribution < -0.4 is 4.74 Å². The smallest absolute Gasteiger partial charge is 0.164 e. The summed E-state index contributed by atoms with van der Waals surface area (Å²) in [6.07, 6.45) is 0. The summed E-state index contributed by atoms with van der Waals surface area (Å²) in [6.45, 7) is 0.140. The van der Waals surface area contributed by atoms with Crippen LogP contribution in [0.4, 0.5) is 0 Å². The summed E-state index contributed by atoms with van der Waals surface area (Å²) in [7, 11) is 1.43. The van der Waals surface area contributed by atoms with Crippen molar-refractivity contribution in [1.82, 2.24) is 0 Å². The van der Waals surface area contributed by atoms with Crippen LogP contribution in [0.25, 0.3) is 0 Å². The van der Waals surface area contributed by atoms with E-state index in [-0.39, 0.29) is 23.9 Å². The van der Waals surface area contributed by atoms with E-state index in [2.05, 4.69) is 0 Å². The second kappa shape index (κ2) is 7.19. The minimum absolute atomic E-state index is 0.0281. The van der Waals surface area contributed by atoms with E-state index in [0.717, 1.165) is 5.56 Å². The molecule has 2 rings (SSSR count). The molecular weight excluding hydrogens is 232 g/mol. The van der Waals surface area contributed by atoms with Gasteiger partial charge in [-0.25, -0.2) is 0 Å². The zero-order valence-electron chi connectivity index (χ0n) is 10.1. The van der Waals surface area contributed by atoms with Gasteiger partial charge in [-0.1, -0.05) is 30.3 Å². The average Bonchev–Trinajstić information content (AvgIpc) is 2.43. The average molecular weight is 248 g/mol. The van der Waals surface area contributed by atoms with Gasteiger partial charge in [-0.3, -0.25) is 0 Å². The van der Waals surface area contributed by atoms with Gasteiger partial charge in [0.2, 0.25) is 0 Å². The fraction of sp³-hybridized carbons (Fsp3) is 0.143. The van der Waals surface area contributed by atoms with Crippen molar-refractivity contribution >= 4 is 0 Å². The first kappa shape index (κ1) is 13.9. The van der Waals surface area contributed by atoms with E-state index in [9.17, 15) is 0 Å². The number of aliphatic hydroxyl groups is 1. The van der Waals surface area contributed by atoms with Crippen LogP contribution in [0, 0.1) is 0 Å². The number of phenols is 2. The van der Waals surface area contributed by atoms with Crippen LogP contribution in [-0.4, -0.2) is 22.4 Å². The second-order valence-electron chi connectivity index (χ2n) is 3.50. The Balaban J connectivity index is 0.000000184. The van der Waals surface area contributed by atoms with Gasteiger partial charge in [0.25, 0.3) is 0 Å². The molecule has 0 heterocycles. The van der Waals surface area contributed by atoms with Gasteiger partial charge >= 0.3 is 0 Å². The third-order valence-corrected chi connectivity index (χ3v) is 2.19. The molecule has 0 aromatic heterocycles. The Labute approximate surface area is 106 Å². The highest BCUT2D eigenvalue weighted by atomic mass is 16.5. The van der Waals surface area contributed by atoms with Gasteiger partial charge in [0, 0.05) is 6.07 Å². The van der Waals surface area contributed by atoms with Crippen molar-refractivity contribution in [2.75, 3.05) is 7.11 Å². The molecule has 0 saturated carbocycles. The summed E-state index contributed by atoms with van der Waals surface area (Å²) in [5.41, 5.74) is 0.965. The molecule has 0 unspecified atom stereocenters. The van der Waals surface area contributed by atoms with Crippen LogP contribution >= 0.6 is 0 Å². The summed E-state index contributed by atoms with van der Waals surface area (Å²) in [5.74, 6) is 0.384. The molecular formula is C14H16O4. The molecule has 2 aromatic carbocycles. The molecule has 18 heavy (non-hydrogen) atoms. The number of aromatic hydroxyl groups is 2. The summed E-state index contributed by atoms with van der Waals surface area (Å²) in [4.78, 5) is 0. The van der Waals surface area contributed by atoms with Crippen molar-refractivity contribution in [3.63, 3.8) is 0 Å². The van der Waals surface area contributed by atoms with Crippen LogP contribution in [0.5, 0.6) is 17.2 Å². The summed E-state index contributed by atoms with van der Waals surface area (Å²) >= 11 is 0. The van der Waals surface area contributed by atoms with Crippen LogP contribution in [-0.2, 0) is 6.61 Å². The van der Waals surface area contributed by atoms with Crippen LogP contribution in [0.1, 0.15) is 5.56 Å². The molecule has 4 heteroatoms. The molecule has 4 nitrogen and oxygen atoms in total. The first-order chi connectivity index (χ1) is 8.67. The van der Waals surface area contributed by atoms with Gasteiger partial charge in [0.15, 0.2) is 11.5 Å². The molecule has 0 aliphatic heterocycles. The lowest BCUT2D eigenvalue weighted by molar-refractivity contribution is 0.282. The first-order valence-corrected chi connectivity index (χ1v) is 5.38. The lowest BCUT2D eigenvalue weighted by atomic mass is 10.2. The zero-order chi connectivity index (χ0) is 13.4. The van der Waals surface area contributed by atoms with Crippen LogP contribution in [0.3, 0.4) is 0 Å². The van der Waals surface area contributed by atoms with Crippen molar-refractivity contribution in [2.45, 2.75) is 6.61 Å². The maximum Gasteiger partial charge on any atom is 0.164 e. The number of aliphatic hydroxyl groups excluding tert-OH is 1. The number of methoxy groups -OCH3 is 1. The SMILES string of the molecule is COc1cc(O)ccc1O.OCc1ccccc1. The Hall–Kier alpha value is -2.20. The molecule has 0 aliphatic carbocycles. The maximum absolute atomic E-state index is 9.00.